The first-order chi connectivity index (χ1) is 9.92. The molecule has 1 heterocycles. The Hall–Kier alpha value is -1.30. The van der Waals surface area contributed by atoms with E-state index in [-0.39, 0.29) is 18.6 Å². The summed E-state index contributed by atoms with van der Waals surface area (Å²) in [5.74, 6) is -1.07. The van der Waals surface area contributed by atoms with Gasteiger partial charge >= 0.3 is 12.0 Å². The number of amides is 2. The van der Waals surface area contributed by atoms with E-state index in [4.69, 9.17) is 5.11 Å². The van der Waals surface area contributed by atoms with E-state index < -0.39 is 11.9 Å². The predicted molar refractivity (Wildman–Crippen MR) is 82.3 cm³/mol. The average Bonchev–Trinajstić information content (AvgIpc) is 2.43. The first kappa shape index (κ1) is 17.8. The average molecular weight is 299 g/mol. The fourth-order valence-electron chi connectivity index (χ4n) is 2.75. The highest BCUT2D eigenvalue weighted by Gasteiger charge is 2.22. The fourth-order valence-corrected chi connectivity index (χ4v) is 2.75. The van der Waals surface area contributed by atoms with Gasteiger partial charge in [0.1, 0.15) is 0 Å². The monoisotopic (exact) mass is 299 g/mol. The molecule has 0 bridgehead atoms. The van der Waals surface area contributed by atoms with E-state index in [2.05, 4.69) is 22.5 Å². The van der Waals surface area contributed by atoms with E-state index >= 15 is 0 Å². The number of hydrogen-bond donors (Lipinski definition) is 3. The molecule has 0 radical (unpaired) electrons. The lowest BCUT2D eigenvalue weighted by atomic mass is 9.97. The van der Waals surface area contributed by atoms with Gasteiger partial charge in [-0.2, -0.15) is 0 Å². The van der Waals surface area contributed by atoms with Crippen molar-refractivity contribution in [2.75, 3.05) is 26.2 Å². The van der Waals surface area contributed by atoms with Crippen LogP contribution in [0.1, 0.15) is 40.0 Å². The molecule has 0 aromatic carbocycles. The molecule has 0 aromatic heterocycles. The SMILES string of the molecule is CCN1CCCC(NC(=O)NCC(CC(C)C)C(=O)O)C1. The highest BCUT2D eigenvalue weighted by molar-refractivity contribution is 5.76. The number of likely N-dealkylation sites (N-methyl/N-ethyl adjacent to an activating group) is 1. The molecule has 0 aliphatic carbocycles. The van der Waals surface area contributed by atoms with Crippen molar-refractivity contribution < 1.29 is 14.7 Å². The van der Waals surface area contributed by atoms with Crippen molar-refractivity contribution >= 4 is 12.0 Å². The van der Waals surface area contributed by atoms with Gasteiger partial charge in [0.15, 0.2) is 0 Å². The lowest BCUT2D eigenvalue weighted by Gasteiger charge is -2.32. The molecule has 1 aliphatic heterocycles. The van der Waals surface area contributed by atoms with Crippen LogP contribution in [-0.4, -0.2) is 54.2 Å². The van der Waals surface area contributed by atoms with E-state index in [9.17, 15) is 9.59 Å². The molecule has 21 heavy (non-hydrogen) atoms. The van der Waals surface area contributed by atoms with Crippen LogP contribution in [0.5, 0.6) is 0 Å². The normalized spacial score (nSPS) is 21.0. The predicted octanol–water partition coefficient (Wildman–Crippen LogP) is 1.52. The van der Waals surface area contributed by atoms with Crippen molar-refractivity contribution in [3.63, 3.8) is 0 Å². The molecule has 6 heteroatoms. The number of carbonyl (C=O) groups excluding carboxylic acids is 1. The van der Waals surface area contributed by atoms with Gasteiger partial charge in [-0.05, 0) is 38.3 Å². The first-order valence-corrected chi connectivity index (χ1v) is 7.91. The van der Waals surface area contributed by atoms with Gasteiger partial charge in [-0.1, -0.05) is 20.8 Å². The molecule has 0 aromatic rings. The summed E-state index contributed by atoms with van der Waals surface area (Å²) in [6.45, 7) is 9.23. The van der Waals surface area contributed by atoms with Gasteiger partial charge < -0.3 is 20.6 Å². The zero-order valence-electron chi connectivity index (χ0n) is 13.4. The van der Waals surface area contributed by atoms with E-state index in [1.807, 2.05) is 13.8 Å². The van der Waals surface area contributed by atoms with E-state index in [1.165, 1.54) is 0 Å². The molecular weight excluding hydrogens is 270 g/mol. The quantitative estimate of drug-likeness (QED) is 0.665. The number of urea groups is 1. The molecule has 6 nitrogen and oxygen atoms in total. The summed E-state index contributed by atoms with van der Waals surface area (Å²) >= 11 is 0. The second kappa shape index (κ2) is 8.87. The minimum atomic E-state index is -0.848. The Morgan fingerprint density at radius 3 is 2.67 bits per heavy atom. The Balaban J connectivity index is 2.33. The van der Waals surface area contributed by atoms with Crippen LogP contribution in [0.2, 0.25) is 0 Å². The van der Waals surface area contributed by atoms with Crippen molar-refractivity contribution in [3.8, 4) is 0 Å². The third-order valence-corrected chi connectivity index (χ3v) is 3.90. The van der Waals surface area contributed by atoms with Crippen LogP contribution >= 0.6 is 0 Å². The number of nitrogens with zero attached hydrogens (tertiary/aromatic N) is 1. The summed E-state index contributed by atoms with van der Waals surface area (Å²) in [6.07, 6.45) is 2.64. The Kier molecular flexibility index (Phi) is 7.50. The van der Waals surface area contributed by atoms with Crippen molar-refractivity contribution in [3.05, 3.63) is 0 Å². The van der Waals surface area contributed by atoms with Gasteiger partial charge in [0.05, 0.1) is 5.92 Å². The van der Waals surface area contributed by atoms with Crippen molar-refractivity contribution in [2.45, 2.75) is 46.1 Å². The molecule has 1 saturated heterocycles. The molecular formula is C15H29N3O3. The van der Waals surface area contributed by atoms with Crippen LogP contribution in [-0.2, 0) is 4.79 Å². The van der Waals surface area contributed by atoms with Crippen LogP contribution in [0.25, 0.3) is 0 Å². The van der Waals surface area contributed by atoms with E-state index in [0.29, 0.717) is 12.3 Å². The summed E-state index contributed by atoms with van der Waals surface area (Å²) < 4.78 is 0. The first-order valence-electron chi connectivity index (χ1n) is 7.91. The summed E-state index contributed by atoms with van der Waals surface area (Å²) in [6, 6.07) is -0.0972. The lowest BCUT2D eigenvalue weighted by molar-refractivity contribution is -0.142. The number of carboxylic acid groups (broad SMARTS) is 1. The number of rotatable bonds is 7. The molecule has 1 aliphatic rings. The largest absolute Gasteiger partial charge is 0.481 e. The number of carbonyl (C=O) groups is 2. The van der Waals surface area contributed by atoms with E-state index in [0.717, 1.165) is 32.5 Å². The van der Waals surface area contributed by atoms with Crippen molar-refractivity contribution in [1.82, 2.24) is 15.5 Å². The molecule has 2 unspecified atom stereocenters. The summed E-state index contributed by atoms with van der Waals surface area (Å²) in [7, 11) is 0. The fraction of sp³-hybridized carbons (Fsp3) is 0.867. The van der Waals surface area contributed by atoms with Gasteiger partial charge in [-0.15, -0.1) is 0 Å². The number of likely N-dealkylation sites (tertiary alicyclic amines) is 1. The zero-order chi connectivity index (χ0) is 15.8. The highest BCUT2D eigenvalue weighted by Crippen LogP contribution is 2.11. The summed E-state index contributed by atoms with van der Waals surface area (Å²) in [5.41, 5.74) is 0. The molecule has 0 saturated carbocycles. The van der Waals surface area contributed by atoms with Gasteiger partial charge in [0.2, 0.25) is 0 Å². The van der Waals surface area contributed by atoms with Crippen LogP contribution in [0.15, 0.2) is 0 Å². The topological polar surface area (TPSA) is 81.7 Å². The number of carboxylic acids is 1. The molecule has 2 amide bonds. The highest BCUT2D eigenvalue weighted by atomic mass is 16.4. The molecule has 3 N–H and O–H groups in total. The maximum Gasteiger partial charge on any atom is 0.315 e. The number of hydrogen-bond acceptors (Lipinski definition) is 3. The standard InChI is InChI=1S/C15H29N3O3/c1-4-18-7-5-6-13(10-18)17-15(21)16-9-12(14(19)20)8-11(2)3/h11-13H,4-10H2,1-3H3,(H,19,20)(H2,16,17,21). The molecule has 2 atom stereocenters. The number of aliphatic carboxylic acids is 1. The Morgan fingerprint density at radius 1 is 1.38 bits per heavy atom. The van der Waals surface area contributed by atoms with Crippen LogP contribution in [0.4, 0.5) is 4.79 Å². The van der Waals surface area contributed by atoms with Gasteiger partial charge in [-0.3, -0.25) is 4.79 Å². The van der Waals surface area contributed by atoms with E-state index in [1.54, 1.807) is 0 Å². The van der Waals surface area contributed by atoms with Crippen LogP contribution in [0, 0.1) is 11.8 Å². The lowest BCUT2D eigenvalue weighted by Crippen LogP contribution is -2.51. The van der Waals surface area contributed by atoms with Crippen LogP contribution < -0.4 is 10.6 Å². The van der Waals surface area contributed by atoms with Crippen molar-refractivity contribution in [1.29, 1.82) is 0 Å². The Labute approximate surface area is 127 Å². The van der Waals surface area contributed by atoms with Gasteiger partial charge in [0.25, 0.3) is 0 Å². The minimum absolute atomic E-state index is 0.159. The van der Waals surface area contributed by atoms with Gasteiger partial charge in [0, 0.05) is 19.1 Å². The van der Waals surface area contributed by atoms with Crippen molar-refractivity contribution in [2.24, 2.45) is 11.8 Å². The second-order valence-corrected chi connectivity index (χ2v) is 6.25. The summed E-state index contributed by atoms with van der Waals surface area (Å²) in [5, 5.41) is 14.8. The summed E-state index contributed by atoms with van der Waals surface area (Å²) in [4.78, 5) is 25.3. The van der Waals surface area contributed by atoms with Gasteiger partial charge in [-0.25, -0.2) is 4.79 Å². The molecule has 1 fully saturated rings. The smallest absolute Gasteiger partial charge is 0.315 e. The Bertz CT molecular complexity index is 347. The number of nitrogens with one attached hydrogen (secondary N) is 2. The zero-order valence-corrected chi connectivity index (χ0v) is 13.4. The number of piperidine rings is 1. The van der Waals surface area contributed by atoms with Crippen LogP contribution in [0.3, 0.4) is 0 Å². The maximum absolute atomic E-state index is 11.9. The second-order valence-electron chi connectivity index (χ2n) is 6.25. The molecule has 122 valence electrons. The molecule has 0 spiro atoms. The molecule has 1 rings (SSSR count). The third kappa shape index (κ3) is 6.80. The maximum atomic E-state index is 11.9. The minimum Gasteiger partial charge on any atom is -0.481 e. The third-order valence-electron chi connectivity index (χ3n) is 3.90. The Morgan fingerprint density at radius 2 is 2.10 bits per heavy atom.